The Balaban J connectivity index is 1.86. The van der Waals surface area contributed by atoms with Gasteiger partial charge in [0.25, 0.3) is 0 Å². The highest BCUT2D eigenvalue weighted by atomic mass is 16.6. The first kappa shape index (κ1) is 14.8. The van der Waals surface area contributed by atoms with Crippen LogP contribution in [-0.2, 0) is 9.53 Å². The van der Waals surface area contributed by atoms with Gasteiger partial charge < -0.3 is 15.8 Å². The Morgan fingerprint density at radius 2 is 1.68 bits per heavy atom. The molecule has 19 heavy (non-hydrogen) atoms. The third kappa shape index (κ3) is 3.93. The van der Waals surface area contributed by atoms with Crippen molar-refractivity contribution >= 4 is 5.97 Å². The Labute approximate surface area is 116 Å². The van der Waals surface area contributed by atoms with Crippen molar-refractivity contribution in [3.8, 4) is 0 Å². The van der Waals surface area contributed by atoms with E-state index in [1.807, 2.05) is 0 Å². The molecule has 0 radical (unpaired) electrons. The van der Waals surface area contributed by atoms with E-state index in [0.29, 0.717) is 5.92 Å². The summed E-state index contributed by atoms with van der Waals surface area (Å²) in [4.78, 5) is 12.3. The highest BCUT2D eigenvalue weighted by Crippen LogP contribution is 2.32. The number of rotatable bonds is 3. The molecule has 1 saturated heterocycles. The van der Waals surface area contributed by atoms with Crippen LogP contribution in [0.5, 0.6) is 0 Å². The summed E-state index contributed by atoms with van der Waals surface area (Å²) in [6.07, 6.45) is 5.87. The number of nitrogens with two attached hydrogens (primary N) is 1. The van der Waals surface area contributed by atoms with Crippen LogP contribution in [0.4, 0.5) is 0 Å². The van der Waals surface area contributed by atoms with E-state index in [4.69, 9.17) is 10.5 Å². The first-order chi connectivity index (χ1) is 8.99. The van der Waals surface area contributed by atoms with Crippen LogP contribution in [0.1, 0.15) is 52.4 Å². The lowest BCUT2D eigenvalue weighted by Crippen LogP contribution is -2.44. The summed E-state index contributed by atoms with van der Waals surface area (Å²) in [6.45, 7) is 6.19. The Kier molecular flexibility index (Phi) is 4.85. The predicted molar refractivity (Wildman–Crippen MR) is 75.7 cm³/mol. The van der Waals surface area contributed by atoms with Gasteiger partial charge in [0.2, 0.25) is 0 Å². The van der Waals surface area contributed by atoms with Gasteiger partial charge in [-0.1, -0.05) is 0 Å². The molecule has 2 aliphatic rings. The van der Waals surface area contributed by atoms with E-state index in [-0.39, 0.29) is 23.5 Å². The minimum absolute atomic E-state index is 0.00423. The van der Waals surface area contributed by atoms with Crippen LogP contribution in [0.3, 0.4) is 0 Å². The van der Waals surface area contributed by atoms with Gasteiger partial charge in [-0.15, -0.1) is 0 Å². The number of carbonyl (C=O) groups excluding carboxylic acids is 1. The van der Waals surface area contributed by atoms with Crippen LogP contribution in [0.15, 0.2) is 0 Å². The van der Waals surface area contributed by atoms with Crippen LogP contribution in [0.2, 0.25) is 0 Å². The van der Waals surface area contributed by atoms with Gasteiger partial charge in [-0.3, -0.25) is 4.79 Å². The smallest absolute Gasteiger partial charge is 0.309 e. The molecule has 0 aromatic heterocycles. The molecular weight excluding hydrogens is 240 g/mol. The fraction of sp³-hybridized carbons (Fsp3) is 0.933. The maximum absolute atomic E-state index is 12.3. The Bertz CT molecular complexity index is 303. The highest BCUT2D eigenvalue weighted by Gasteiger charge is 2.36. The minimum atomic E-state index is -0.335. The van der Waals surface area contributed by atoms with Crippen molar-refractivity contribution in [2.24, 2.45) is 17.6 Å². The molecule has 1 aliphatic carbocycles. The van der Waals surface area contributed by atoms with E-state index < -0.39 is 0 Å². The van der Waals surface area contributed by atoms with E-state index in [2.05, 4.69) is 19.2 Å². The second kappa shape index (κ2) is 6.23. The van der Waals surface area contributed by atoms with Crippen molar-refractivity contribution in [3.63, 3.8) is 0 Å². The molecule has 4 nitrogen and oxygen atoms in total. The van der Waals surface area contributed by atoms with Crippen LogP contribution in [-0.4, -0.2) is 30.7 Å². The summed E-state index contributed by atoms with van der Waals surface area (Å²) in [6, 6.07) is 0.279. The number of hydrogen-bond acceptors (Lipinski definition) is 4. The number of hydrogen-bond donors (Lipinski definition) is 2. The Morgan fingerprint density at radius 1 is 1.11 bits per heavy atom. The van der Waals surface area contributed by atoms with Crippen molar-refractivity contribution in [2.45, 2.75) is 64.0 Å². The average Bonchev–Trinajstić information content (AvgIpc) is 2.40. The van der Waals surface area contributed by atoms with E-state index in [1.54, 1.807) is 0 Å². The number of nitrogens with one attached hydrogen (secondary N) is 1. The lowest BCUT2D eigenvalue weighted by molar-refractivity contribution is -0.169. The Morgan fingerprint density at radius 3 is 2.26 bits per heavy atom. The molecule has 3 N–H and O–H groups in total. The zero-order chi connectivity index (χ0) is 13.9. The van der Waals surface area contributed by atoms with Crippen LogP contribution < -0.4 is 11.1 Å². The Hall–Kier alpha value is -0.610. The van der Waals surface area contributed by atoms with Crippen molar-refractivity contribution in [2.75, 3.05) is 13.1 Å². The zero-order valence-corrected chi connectivity index (χ0v) is 12.3. The van der Waals surface area contributed by atoms with Gasteiger partial charge in [0.15, 0.2) is 0 Å². The van der Waals surface area contributed by atoms with Crippen LogP contribution in [0.25, 0.3) is 0 Å². The van der Waals surface area contributed by atoms with Crippen molar-refractivity contribution < 1.29 is 9.53 Å². The first-order valence-corrected chi connectivity index (χ1v) is 7.68. The van der Waals surface area contributed by atoms with Gasteiger partial charge in [0.05, 0.1) is 5.92 Å². The van der Waals surface area contributed by atoms with Gasteiger partial charge in [0.1, 0.15) is 5.60 Å². The summed E-state index contributed by atoms with van der Waals surface area (Å²) in [5.41, 5.74) is 5.55. The molecule has 2 fully saturated rings. The molecule has 0 atom stereocenters. The second-order valence-electron chi connectivity index (χ2n) is 6.66. The second-order valence-corrected chi connectivity index (χ2v) is 6.66. The number of carbonyl (C=O) groups is 1. The molecule has 0 spiro atoms. The zero-order valence-electron chi connectivity index (χ0n) is 12.3. The quantitative estimate of drug-likeness (QED) is 0.766. The molecular formula is C15H28N2O2. The summed E-state index contributed by atoms with van der Waals surface area (Å²) in [5.74, 6) is 0.541. The molecule has 1 saturated carbocycles. The number of esters is 1. The minimum Gasteiger partial charge on any atom is -0.459 e. The van der Waals surface area contributed by atoms with E-state index in [1.165, 1.54) is 0 Å². The molecule has 4 heteroatoms. The average molecular weight is 268 g/mol. The lowest BCUT2D eigenvalue weighted by atomic mass is 9.82. The summed E-state index contributed by atoms with van der Waals surface area (Å²) in [7, 11) is 0. The van der Waals surface area contributed by atoms with Crippen LogP contribution >= 0.6 is 0 Å². The molecule has 0 aromatic carbocycles. The fourth-order valence-electron chi connectivity index (χ4n) is 3.30. The predicted octanol–water partition coefficient (Wildman–Crippen LogP) is 1.83. The molecule has 0 amide bonds. The monoisotopic (exact) mass is 268 g/mol. The lowest BCUT2D eigenvalue weighted by Gasteiger charge is -2.38. The molecule has 2 rings (SSSR count). The van der Waals surface area contributed by atoms with E-state index in [0.717, 1.165) is 51.6 Å². The van der Waals surface area contributed by atoms with E-state index in [9.17, 15) is 4.79 Å². The van der Waals surface area contributed by atoms with Crippen molar-refractivity contribution in [1.82, 2.24) is 5.32 Å². The summed E-state index contributed by atoms with van der Waals surface area (Å²) >= 11 is 0. The normalized spacial score (nSPS) is 30.1. The van der Waals surface area contributed by atoms with Crippen LogP contribution in [0, 0.1) is 11.8 Å². The highest BCUT2D eigenvalue weighted by molar-refractivity contribution is 5.73. The molecule has 0 unspecified atom stereocenters. The molecule has 1 heterocycles. The third-order valence-corrected chi connectivity index (χ3v) is 4.79. The standard InChI is InChI=1S/C15H28N2O2/c1-15(2,12-7-9-17-10-8-12)19-14(18)11-3-5-13(16)6-4-11/h11-13,17H,3-10,16H2,1-2H3. The maximum Gasteiger partial charge on any atom is 0.309 e. The third-order valence-electron chi connectivity index (χ3n) is 4.79. The topological polar surface area (TPSA) is 64.3 Å². The van der Waals surface area contributed by atoms with Gasteiger partial charge in [-0.25, -0.2) is 0 Å². The van der Waals surface area contributed by atoms with Gasteiger partial charge in [-0.2, -0.15) is 0 Å². The largest absolute Gasteiger partial charge is 0.459 e. The summed E-state index contributed by atoms with van der Waals surface area (Å²) < 4.78 is 5.84. The summed E-state index contributed by atoms with van der Waals surface area (Å²) in [5, 5.41) is 3.35. The van der Waals surface area contributed by atoms with Crippen molar-refractivity contribution in [3.05, 3.63) is 0 Å². The number of piperidine rings is 1. The van der Waals surface area contributed by atoms with Gasteiger partial charge >= 0.3 is 5.97 Å². The van der Waals surface area contributed by atoms with Gasteiger partial charge in [0, 0.05) is 12.0 Å². The number of ether oxygens (including phenoxy) is 1. The fourth-order valence-corrected chi connectivity index (χ4v) is 3.30. The molecule has 0 bridgehead atoms. The van der Waals surface area contributed by atoms with Gasteiger partial charge in [-0.05, 0) is 65.5 Å². The first-order valence-electron chi connectivity index (χ1n) is 7.68. The SMILES string of the molecule is CC(C)(OC(=O)C1CCC(N)CC1)C1CCNCC1. The molecule has 110 valence electrons. The van der Waals surface area contributed by atoms with E-state index >= 15 is 0 Å². The maximum atomic E-state index is 12.3. The molecule has 1 aliphatic heterocycles. The van der Waals surface area contributed by atoms with Crippen molar-refractivity contribution in [1.29, 1.82) is 0 Å². The molecule has 0 aromatic rings.